The molecule has 1 aliphatic rings. The molecule has 15 heavy (non-hydrogen) atoms. The summed E-state index contributed by atoms with van der Waals surface area (Å²) in [5, 5.41) is 0. The Morgan fingerprint density at radius 2 is 2.00 bits per heavy atom. The molecule has 1 saturated heterocycles. The second kappa shape index (κ2) is 5.00. The lowest BCUT2D eigenvalue weighted by Gasteiger charge is -2.10. The van der Waals surface area contributed by atoms with Gasteiger partial charge in [-0.05, 0) is 24.3 Å². The second-order valence-corrected chi connectivity index (χ2v) is 3.17. The van der Waals surface area contributed by atoms with Crippen LogP contribution in [-0.2, 0) is 9.47 Å². The van der Waals surface area contributed by atoms with Gasteiger partial charge < -0.3 is 18.9 Å². The van der Waals surface area contributed by atoms with Gasteiger partial charge in [0.05, 0.1) is 13.7 Å². The Bertz CT molecular complexity index is 290. The van der Waals surface area contributed by atoms with E-state index in [9.17, 15) is 0 Å². The van der Waals surface area contributed by atoms with Gasteiger partial charge in [0.25, 0.3) is 0 Å². The third-order valence-corrected chi connectivity index (χ3v) is 2.09. The molecule has 0 bridgehead atoms. The van der Waals surface area contributed by atoms with E-state index in [-0.39, 0.29) is 6.10 Å². The molecule has 0 saturated carbocycles. The van der Waals surface area contributed by atoms with E-state index in [1.807, 2.05) is 24.3 Å². The van der Waals surface area contributed by atoms with Gasteiger partial charge in [-0.3, -0.25) is 0 Å². The zero-order valence-electron chi connectivity index (χ0n) is 8.51. The van der Waals surface area contributed by atoms with Gasteiger partial charge in [0.2, 0.25) is 6.79 Å². The second-order valence-electron chi connectivity index (χ2n) is 3.17. The van der Waals surface area contributed by atoms with E-state index in [0.717, 1.165) is 11.5 Å². The van der Waals surface area contributed by atoms with E-state index in [1.165, 1.54) is 6.79 Å². The van der Waals surface area contributed by atoms with Gasteiger partial charge in [0, 0.05) is 0 Å². The third kappa shape index (κ3) is 2.84. The van der Waals surface area contributed by atoms with E-state index in [0.29, 0.717) is 13.2 Å². The number of hydrogen-bond donors (Lipinski definition) is 0. The molecule has 1 heterocycles. The predicted octanol–water partition coefficient (Wildman–Crippen LogP) is 1.61. The molecule has 2 rings (SSSR count). The number of hydrogen-bond acceptors (Lipinski definition) is 4. The van der Waals surface area contributed by atoms with Crippen LogP contribution in [0.15, 0.2) is 24.3 Å². The fraction of sp³-hybridized carbons (Fsp3) is 0.364. The monoisotopic (exact) mass is 209 g/mol. The van der Waals surface area contributed by atoms with Gasteiger partial charge in [-0.2, -0.15) is 0 Å². The Labute approximate surface area is 88.7 Å². The van der Waals surface area contributed by atoms with Crippen molar-refractivity contribution in [1.29, 1.82) is 0 Å². The number of rotatable bonds is 4. The van der Waals surface area contributed by atoms with Crippen molar-refractivity contribution in [2.45, 2.75) is 6.10 Å². The van der Waals surface area contributed by atoms with Crippen LogP contribution in [0.1, 0.15) is 0 Å². The zero-order valence-corrected chi connectivity index (χ0v) is 8.51. The molecule has 1 aliphatic heterocycles. The first kappa shape index (κ1) is 10.3. The van der Waals surface area contributed by atoms with Crippen LogP contribution in [0, 0.1) is 6.79 Å². The van der Waals surface area contributed by atoms with Crippen molar-refractivity contribution < 1.29 is 18.9 Å². The normalized spacial score (nSPS) is 20.2. The van der Waals surface area contributed by atoms with Crippen molar-refractivity contribution in [3.05, 3.63) is 31.1 Å². The van der Waals surface area contributed by atoms with Crippen molar-refractivity contribution >= 4 is 0 Å². The SMILES string of the molecule is COc1ccc(OCC2CO[CH]O2)cc1. The molecule has 1 unspecified atom stereocenters. The Morgan fingerprint density at radius 1 is 1.27 bits per heavy atom. The lowest BCUT2D eigenvalue weighted by atomic mass is 10.3. The van der Waals surface area contributed by atoms with Gasteiger partial charge in [0.15, 0.2) is 0 Å². The van der Waals surface area contributed by atoms with Crippen LogP contribution in [-0.4, -0.2) is 26.4 Å². The molecule has 4 heteroatoms. The lowest BCUT2D eigenvalue weighted by molar-refractivity contribution is 0.0937. The molecule has 81 valence electrons. The van der Waals surface area contributed by atoms with Crippen molar-refractivity contribution in [1.82, 2.24) is 0 Å². The standard InChI is InChI=1S/C11H13O4/c1-12-9-2-4-10(5-3-9)14-7-11-6-13-8-15-11/h2-5,8,11H,6-7H2,1H3. The van der Waals surface area contributed by atoms with Crippen LogP contribution in [0.4, 0.5) is 0 Å². The molecule has 1 aromatic rings. The van der Waals surface area contributed by atoms with Crippen LogP contribution >= 0.6 is 0 Å². The molecule has 0 spiro atoms. The number of ether oxygens (including phenoxy) is 4. The summed E-state index contributed by atoms with van der Waals surface area (Å²) in [5.41, 5.74) is 0. The first-order valence-electron chi connectivity index (χ1n) is 4.74. The van der Waals surface area contributed by atoms with Gasteiger partial charge in [-0.1, -0.05) is 0 Å². The fourth-order valence-electron chi connectivity index (χ4n) is 1.25. The molecule has 0 aromatic heterocycles. The van der Waals surface area contributed by atoms with Crippen LogP contribution in [0.2, 0.25) is 0 Å². The first-order valence-corrected chi connectivity index (χ1v) is 4.74. The van der Waals surface area contributed by atoms with E-state index >= 15 is 0 Å². The highest BCUT2D eigenvalue weighted by Gasteiger charge is 2.17. The molecule has 0 N–H and O–H groups in total. The van der Waals surface area contributed by atoms with Gasteiger partial charge in [-0.15, -0.1) is 0 Å². The summed E-state index contributed by atoms with van der Waals surface area (Å²) >= 11 is 0. The average Bonchev–Trinajstić information content (AvgIpc) is 2.80. The quantitative estimate of drug-likeness (QED) is 0.755. The van der Waals surface area contributed by atoms with Crippen molar-refractivity contribution in [2.75, 3.05) is 20.3 Å². The maximum atomic E-state index is 5.51. The smallest absolute Gasteiger partial charge is 0.210 e. The summed E-state index contributed by atoms with van der Waals surface area (Å²) in [5.74, 6) is 1.61. The summed E-state index contributed by atoms with van der Waals surface area (Å²) in [6.07, 6.45) is -0.00731. The Balaban J connectivity index is 1.82. The molecule has 1 aromatic carbocycles. The topological polar surface area (TPSA) is 36.9 Å². The molecular weight excluding hydrogens is 196 g/mol. The number of benzene rings is 1. The summed E-state index contributed by atoms with van der Waals surface area (Å²) in [6, 6.07) is 7.43. The molecule has 4 nitrogen and oxygen atoms in total. The van der Waals surface area contributed by atoms with Crippen LogP contribution in [0.5, 0.6) is 11.5 Å². The Kier molecular flexibility index (Phi) is 3.42. The first-order chi connectivity index (χ1) is 7.38. The average molecular weight is 209 g/mol. The molecule has 0 amide bonds. The maximum absolute atomic E-state index is 5.51. The summed E-state index contributed by atoms with van der Waals surface area (Å²) < 4.78 is 20.6. The van der Waals surface area contributed by atoms with Crippen LogP contribution in [0.3, 0.4) is 0 Å². The van der Waals surface area contributed by atoms with Gasteiger partial charge in [0.1, 0.15) is 24.2 Å². The number of methoxy groups -OCH3 is 1. The molecule has 1 atom stereocenters. The zero-order chi connectivity index (χ0) is 10.5. The van der Waals surface area contributed by atoms with Crippen LogP contribution < -0.4 is 9.47 Å². The summed E-state index contributed by atoms with van der Waals surface area (Å²) in [4.78, 5) is 0. The minimum Gasteiger partial charge on any atom is -0.497 e. The molecular formula is C11H13O4. The largest absolute Gasteiger partial charge is 0.497 e. The van der Waals surface area contributed by atoms with Gasteiger partial charge in [-0.25, -0.2) is 0 Å². The van der Waals surface area contributed by atoms with E-state index in [4.69, 9.17) is 18.9 Å². The highest BCUT2D eigenvalue weighted by Crippen LogP contribution is 2.18. The third-order valence-electron chi connectivity index (χ3n) is 2.09. The van der Waals surface area contributed by atoms with Crippen LogP contribution in [0.25, 0.3) is 0 Å². The highest BCUT2D eigenvalue weighted by atomic mass is 16.7. The highest BCUT2D eigenvalue weighted by molar-refractivity contribution is 5.31. The fourth-order valence-corrected chi connectivity index (χ4v) is 1.25. The van der Waals surface area contributed by atoms with Gasteiger partial charge >= 0.3 is 0 Å². The molecule has 1 radical (unpaired) electrons. The maximum Gasteiger partial charge on any atom is 0.210 e. The van der Waals surface area contributed by atoms with E-state index in [2.05, 4.69) is 0 Å². The Hall–Kier alpha value is -1.26. The minimum absolute atomic E-state index is 0.00731. The van der Waals surface area contributed by atoms with Crippen molar-refractivity contribution in [2.24, 2.45) is 0 Å². The predicted molar refractivity (Wildman–Crippen MR) is 53.6 cm³/mol. The minimum atomic E-state index is -0.00731. The summed E-state index contributed by atoms with van der Waals surface area (Å²) in [7, 11) is 1.63. The van der Waals surface area contributed by atoms with Crippen molar-refractivity contribution in [3.8, 4) is 11.5 Å². The van der Waals surface area contributed by atoms with E-state index < -0.39 is 0 Å². The molecule has 1 fully saturated rings. The van der Waals surface area contributed by atoms with E-state index in [1.54, 1.807) is 7.11 Å². The lowest BCUT2D eigenvalue weighted by Crippen LogP contribution is -2.19. The summed E-state index contributed by atoms with van der Waals surface area (Å²) in [6.45, 7) is 2.39. The Morgan fingerprint density at radius 3 is 2.60 bits per heavy atom. The van der Waals surface area contributed by atoms with Crippen molar-refractivity contribution in [3.63, 3.8) is 0 Å². The molecule has 0 aliphatic carbocycles.